The number of hydrogen-bond donors (Lipinski definition) is 3. The summed E-state index contributed by atoms with van der Waals surface area (Å²) in [6.45, 7) is 3.25. The highest BCUT2D eigenvalue weighted by Crippen LogP contribution is 2.31. The number of para-hydroxylation sites is 2. The van der Waals surface area contributed by atoms with Crippen LogP contribution in [0.5, 0.6) is 5.75 Å². The minimum absolute atomic E-state index is 0.0247. The zero-order valence-corrected chi connectivity index (χ0v) is 20.2. The van der Waals surface area contributed by atoms with Gasteiger partial charge >= 0.3 is 0 Å². The molecule has 0 aliphatic carbocycles. The number of nitrogens with one attached hydrogen (secondary N) is 2. The lowest BCUT2D eigenvalue weighted by Gasteiger charge is -2.30. The highest BCUT2D eigenvalue weighted by Gasteiger charge is 2.23. The van der Waals surface area contributed by atoms with Crippen molar-refractivity contribution in [3.63, 3.8) is 0 Å². The fourth-order valence-electron chi connectivity index (χ4n) is 3.94. The first kappa shape index (κ1) is 24.1. The van der Waals surface area contributed by atoms with Gasteiger partial charge in [-0.25, -0.2) is 0 Å². The fourth-order valence-corrected chi connectivity index (χ4v) is 4.36. The maximum atomic E-state index is 12.9. The van der Waals surface area contributed by atoms with Crippen LogP contribution in [-0.4, -0.2) is 40.8 Å². The molecule has 34 heavy (non-hydrogen) atoms. The number of carbonyl (C=O) groups is 2. The molecular weight excluding hydrogens is 475 g/mol. The number of piperidine rings is 1. The highest BCUT2D eigenvalue weighted by atomic mass is 35.5. The second-order valence-electron chi connectivity index (χ2n) is 8.35. The van der Waals surface area contributed by atoms with E-state index in [0.717, 1.165) is 24.9 Å². The van der Waals surface area contributed by atoms with Crippen LogP contribution in [0.25, 0.3) is 0 Å². The van der Waals surface area contributed by atoms with Crippen LogP contribution < -0.4 is 15.8 Å². The minimum atomic E-state index is -0.427. The van der Waals surface area contributed by atoms with Crippen LogP contribution in [0.15, 0.2) is 48.5 Å². The van der Waals surface area contributed by atoms with Crippen LogP contribution in [-0.2, 0) is 6.61 Å². The number of aromatic amines is 1. The Morgan fingerprint density at radius 1 is 1.18 bits per heavy atom. The molecule has 1 fully saturated rings. The molecule has 178 valence electrons. The number of aromatic nitrogens is 1. The van der Waals surface area contributed by atoms with E-state index in [-0.39, 0.29) is 29.3 Å². The van der Waals surface area contributed by atoms with Crippen molar-refractivity contribution in [3.05, 3.63) is 81.1 Å². The van der Waals surface area contributed by atoms with Gasteiger partial charge in [-0.3, -0.25) is 9.59 Å². The van der Waals surface area contributed by atoms with E-state index in [1.807, 2.05) is 24.3 Å². The molecule has 2 amide bonds. The van der Waals surface area contributed by atoms with Crippen molar-refractivity contribution in [3.8, 4) is 5.75 Å². The van der Waals surface area contributed by atoms with Crippen LogP contribution in [0.4, 0.5) is 5.69 Å². The summed E-state index contributed by atoms with van der Waals surface area (Å²) in [4.78, 5) is 30.3. The number of halogens is 2. The monoisotopic (exact) mass is 500 g/mol. The van der Waals surface area contributed by atoms with Crippen molar-refractivity contribution in [1.82, 2.24) is 9.88 Å². The zero-order chi connectivity index (χ0) is 24.2. The number of carbonyl (C=O) groups excluding carboxylic acids is 2. The summed E-state index contributed by atoms with van der Waals surface area (Å²) in [5, 5.41) is 3.30. The molecule has 7 nitrogen and oxygen atoms in total. The first-order valence-corrected chi connectivity index (χ1v) is 11.8. The molecule has 1 aliphatic rings. The Morgan fingerprint density at radius 3 is 2.71 bits per heavy atom. The first-order valence-electron chi connectivity index (χ1n) is 11.0. The van der Waals surface area contributed by atoms with Gasteiger partial charge in [0.1, 0.15) is 18.1 Å². The number of hydrogen-bond acceptors (Lipinski definition) is 4. The third-order valence-corrected chi connectivity index (χ3v) is 6.68. The summed E-state index contributed by atoms with van der Waals surface area (Å²) in [7, 11) is 0. The summed E-state index contributed by atoms with van der Waals surface area (Å²) in [6, 6.07) is 14.5. The van der Waals surface area contributed by atoms with Gasteiger partial charge in [0.05, 0.1) is 15.7 Å². The molecule has 3 aromatic rings. The molecule has 2 aromatic carbocycles. The smallest absolute Gasteiger partial charge is 0.273 e. The molecule has 4 N–H and O–H groups in total. The first-order chi connectivity index (χ1) is 16.3. The molecule has 0 saturated carbocycles. The Kier molecular flexibility index (Phi) is 7.46. The number of amides is 2. The van der Waals surface area contributed by atoms with Gasteiger partial charge < -0.3 is 25.7 Å². The Labute approximate surface area is 208 Å². The Balaban J connectivity index is 1.44. The summed E-state index contributed by atoms with van der Waals surface area (Å²) in [6.07, 6.45) is 1.86. The largest absolute Gasteiger partial charge is 0.487 e. The van der Waals surface area contributed by atoms with E-state index in [9.17, 15) is 9.59 Å². The standard InChI is InChI=1S/C25H26Cl2N4O3/c1-15-21(26)22(27)23(29-15)24(32)30-19-9-2-3-10-20(19)34-14-16-6-4-7-17(12-16)25(33)31-11-5-8-18(28)13-31/h2-4,6-7,9-10,12,18,29H,5,8,11,13-14,28H2,1H3,(H,30,32). The Hall–Kier alpha value is -3.00. The van der Waals surface area contributed by atoms with Crippen molar-refractivity contribution < 1.29 is 14.3 Å². The molecule has 1 aliphatic heterocycles. The predicted octanol–water partition coefficient (Wildman–Crippen LogP) is 5.02. The number of likely N-dealkylation sites (tertiary alicyclic amines) is 1. The number of anilines is 1. The van der Waals surface area contributed by atoms with Gasteiger partial charge in [0.2, 0.25) is 0 Å². The topological polar surface area (TPSA) is 100 Å². The maximum Gasteiger partial charge on any atom is 0.273 e. The van der Waals surface area contributed by atoms with Crippen molar-refractivity contribution >= 4 is 40.7 Å². The normalized spacial score (nSPS) is 15.8. The Morgan fingerprint density at radius 2 is 1.97 bits per heavy atom. The summed E-state index contributed by atoms with van der Waals surface area (Å²) < 4.78 is 5.99. The third-order valence-electron chi connectivity index (χ3n) is 5.73. The van der Waals surface area contributed by atoms with Crippen LogP contribution in [0, 0.1) is 6.92 Å². The molecule has 0 radical (unpaired) electrons. The molecule has 0 bridgehead atoms. The lowest BCUT2D eigenvalue weighted by molar-refractivity contribution is 0.0708. The average Bonchev–Trinajstić information content (AvgIpc) is 3.10. The van der Waals surface area contributed by atoms with Crippen molar-refractivity contribution in [1.29, 1.82) is 0 Å². The fraction of sp³-hybridized carbons (Fsp3) is 0.280. The quantitative estimate of drug-likeness (QED) is 0.441. The summed E-state index contributed by atoms with van der Waals surface area (Å²) in [5.41, 5.74) is 8.75. The maximum absolute atomic E-state index is 12.9. The van der Waals surface area contributed by atoms with Gasteiger partial charge in [-0.1, -0.05) is 47.5 Å². The van der Waals surface area contributed by atoms with Gasteiger partial charge in [-0.15, -0.1) is 0 Å². The van der Waals surface area contributed by atoms with Crippen molar-refractivity contribution in [2.75, 3.05) is 18.4 Å². The van der Waals surface area contributed by atoms with Gasteiger partial charge in [-0.05, 0) is 49.6 Å². The number of nitrogens with zero attached hydrogens (tertiary/aromatic N) is 1. The van der Waals surface area contributed by atoms with E-state index in [1.54, 1.807) is 36.1 Å². The lowest BCUT2D eigenvalue weighted by Crippen LogP contribution is -2.45. The second-order valence-corrected chi connectivity index (χ2v) is 9.10. The van der Waals surface area contributed by atoms with Gasteiger partial charge in [-0.2, -0.15) is 0 Å². The molecule has 1 unspecified atom stereocenters. The second kappa shape index (κ2) is 10.5. The lowest BCUT2D eigenvalue weighted by atomic mass is 10.0. The van der Waals surface area contributed by atoms with E-state index in [4.69, 9.17) is 33.7 Å². The number of H-pyrrole nitrogens is 1. The molecular formula is C25H26Cl2N4O3. The number of benzene rings is 2. The molecule has 4 rings (SSSR count). The van der Waals surface area contributed by atoms with Gasteiger partial charge in [0.15, 0.2) is 0 Å². The molecule has 1 saturated heterocycles. The number of rotatable bonds is 6. The molecule has 1 aromatic heterocycles. The number of ether oxygens (including phenoxy) is 1. The van der Waals surface area contributed by atoms with E-state index in [2.05, 4.69) is 10.3 Å². The van der Waals surface area contributed by atoms with Crippen LogP contribution in [0.3, 0.4) is 0 Å². The minimum Gasteiger partial charge on any atom is -0.487 e. The SMILES string of the molecule is Cc1[nH]c(C(=O)Nc2ccccc2OCc2cccc(C(=O)N3CCCC(N)C3)c2)c(Cl)c1Cl. The van der Waals surface area contributed by atoms with E-state index in [1.165, 1.54) is 0 Å². The van der Waals surface area contributed by atoms with Gasteiger partial charge in [0.25, 0.3) is 11.8 Å². The van der Waals surface area contributed by atoms with E-state index >= 15 is 0 Å². The highest BCUT2D eigenvalue weighted by molar-refractivity contribution is 6.44. The number of nitrogens with two attached hydrogens (primary N) is 1. The van der Waals surface area contributed by atoms with Crippen LogP contribution in [0.1, 0.15) is 44.9 Å². The summed E-state index contributed by atoms with van der Waals surface area (Å²) >= 11 is 12.3. The molecule has 1 atom stereocenters. The van der Waals surface area contributed by atoms with E-state index < -0.39 is 5.91 Å². The number of aryl methyl sites for hydroxylation is 1. The van der Waals surface area contributed by atoms with Crippen molar-refractivity contribution in [2.45, 2.75) is 32.4 Å². The van der Waals surface area contributed by atoms with Crippen molar-refractivity contribution in [2.24, 2.45) is 5.73 Å². The van der Waals surface area contributed by atoms with E-state index in [0.29, 0.717) is 34.3 Å². The Bertz CT molecular complexity index is 1210. The third kappa shape index (κ3) is 5.38. The molecule has 0 spiro atoms. The average molecular weight is 501 g/mol. The summed E-state index contributed by atoms with van der Waals surface area (Å²) in [5.74, 6) is 0.0323. The van der Waals surface area contributed by atoms with Crippen LogP contribution >= 0.6 is 23.2 Å². The van der Waals surface area contributed by atoms with Gasteiger partial charge in [0, 0.05) is 30.4 Å². The molecule has 2 heterocycles. The van der Waals surface area contributed by atoms with Crippen LogP contribution in [0.2, 0.25) is 10.0 Å². The predicted molar refractivity (Wildman–Crippen MR) is 134 cm³/mol. The zero-order valence-electron chi connectivity index (χ0n) is 18.7. The molecule has 9 heteroatoms.